The lowest BCUT2D eigenvalue weighted by Crippen LogP contribution is -2.41. The van der Waals surface area contributed by atoms with Crippen LogP contribution in [0.2, 0.25) is 0 Å². The van der Waals surface area contributed by atoms with Crippen LogP contribution >= 0.6 is 0 Å². The van der Waals surface area contributed by atoms with Crippen LogP contribution in [0, 0.1) is 12.8 Å². The van der Waals surface area contributed by atoms with Crippen LogP contribution in [0.15, 0.2) is 21.7 Å². The standard InChI is InChI=1S/C16H22N4O2/c1-3-9-19-15(21)13-14(18-11(2)17-13)20(16(19)22)10-12-7-5-4-6-8-12/h4-5,12H,3,6-10H2,1-2H3,(H,17,18). The maximum Gasteiger partial charge on any atom is 0.332 e. The minimum absolute atomic E-state index is 0.236. The maximum atomic E-state index is 12.7. The maximum absolute atomic E-state index is 12.7. The zero-order chi connectivity index (χ0) is 15.7. The molecule has 2 heterocycles. The molecule has 0 bridgehead atoms. The van der Waals surface area contributed by atoms with Crippen molar-refractivity contribution in [3.05, 3.63) is 38.8 Å². The fourth-order valence-electron chi connectivity index (χ4n) is 3.15. The van der Waals surface area contributed by atoms with E-state index in [0.717, 1.165) is 25.7 Å². The zero-order valence-corrected chi connectivity index (χ0v) is 13.1. The van der Waals surface area contributed by atoms with Crippen LogP contribution < -0.4 is 11.2 Å². The Morgan fingerprint density at radius 3 is 2.82 bits per heavy atom. The Kier molecular flexibility index (Phi) is 4.00. The van der Waals surface area contributed by atoms with Gasteiger partial charge in [-0.05, 0) is 38.5 Å². The molecule has 1 aliphatic rings. The van der Waals surface area contributed by atoms with Crippen molar-refractivity contribution in [3.63, 3.8) is 0 Å². The van der Waals surface area contributed by atoms with E-state index in [2.05, 4.69) is 22.1 Å². The summed E-state index contributed by atoms with van der Waals surface area (Å²) in [5.74, 6) is 1.09. The molecule has 0 spiro atoms. The topological polar surface area (TPSA) is 72.7 Å². The molecule has 0 aromatic carbocycles. The number of imidazole rings is 1. The number of hydrogen-bond acceptors (Lipinski definition) is 3. The summed E-state index contributed by atoms with van der Waals surface area (Å²) in [5, 5.41) is 0. The monoisotopic (exact) mass is 302 g/mol. The molecular formula is C16H22N4O2. The van der Waals surface area contributed by atoms with Gasteiger partial charge in [-0.25, -0.2) is 9.78 Å². The zero-order valence-electron chi connectivity index (χ0n) is 13.1. The van der Waals surface area contributed by atoms with E-state index >= 15 is 0 Å². The Hall–Kier alpha value is -2.11. The van der Waals surface area contributed by atoms with Gasteiger partial charge in [0.15, 0.2) is 5.65 Å². The molecule has 0 saturated heterocycles. The van der Waals surface area contributed by atoms with Gasteiger partial charge in [-0.1, -0.05) is 19.1 Å². The molecule has 0 fully saturated rings. The highest BCUT2D eigenvalue weighted by molar-refractivity contribution is 5.69. The van der Waals surface area contributed by atoms with Crippen LogP contribution in [0.5, 0.6) is 0 Å². The lowest BCUT2D eigenvalue weighted by molar-refractivity contribution is 0.398. The summed E-state index contributed by atoms with van der Waals surface area (Å²) in [6, 6.07) is 0. The minimum atomic E-state index is -0.262. The number of nitrogens with zero attached hydrogens (tertiary/aromatic N) is 3. The fourth-order valence-corrected chi connectivity index (χ4v) is 3.15. The molecule has 1 aliphatic carbocycles. The highest BCUT2D eigenvalue weighted by atomic mass is 16.2. The van der Waals surface area contributed by atoms with Crippen molar-refractivity contribution in [2.24, 2.45) is 5.92 Å². The number of H-pyrrole nitrogens is 1. The first kappa shape index (κ1) is 14.8. The van der Waals surface area contributed by atoms with Gasteiger partial charge in [-0.2, -0.15) is 0 Å². The number of hydrogen-bond donors (Lipinski definition) is 1. The van der Waals surface area contributed by atoms with Gasteiger partial charge in [-0.15, -0.1) is 0 Å². The van der Waals surface area contributed by atoms with E-state index in [1.807, 2.05) is 13.8 Å². The van der Waals surface area contributed by atoms with E-state index in [0.29, 0.717) is 36.0 Å². The largest absolute Gasteiger partial charge is 0.336 e. The van der Waals surface area contributed by atoms with Crippen molar-refractivity contribution in [1.29, 1.82) is 0 Å². The number of nitrogens with one attached hydrogen (secondary N) is 1. The number of aryl methyl sites for hydroxylation is 1. The first-order chi connectivity index (χ1) is 10.6. The van der Waals surface area contributed by atoms with Crippen LogP contribution in [0.3, 0.4) is 0 Å². The summed E-state index contributed by atoms with van der Waals surface area (Å²) in [6.45, 7) is 4.83. The molecule has 6 nitrogen and oxygen atoms in total. The molecule has 1 unspecified atom stereocenters. The second-order valence-electron chi connectivity index (χ2n) is 6.02. The van der Waals surface area contributed by atoms with E-state index in [4.69, 9.17) is 0 Å². The van der Waals surface area contributed by atoms with Gasteiger partial charge in [0.05, 0.1) is 0 Å². The number of allylic oxidation sites excluding steroid dienone is 2. The number of fused-ring (bicyclic) bond motifs is 1. The van der Waals surface area contributed by atoms with Gasteiger partial charge in [-0.3, -0.25) is 13.9 Å². The van der Waals surface area contributed by atoms with Gasteiger partial charge in [0, 0.05) is 13.1 Å². The first-order valence-corrected chi connectivity index (χ1v) is 7.96. The number of rotatable bonds is 4. The Labute approximate surface area is 128 Å². The Morgan fingerprint density at radius 2 is 2.14 bits per heavy atom. The predicted octanol–water partition coefficient (Wildman–Crippen LogP) is 1.96. The molecular weight excluding hydrogens is 280 g/mol. The number of aromatic nitrogens is 4. The summed E-state index contributed by atoms with van der Waals surface area (Å²) in [7, 11) is 0. The molecule has 1 N–H and O–H groups in total. The molecule has 22 heavy (non-hydrogen) atoms. The third kappa shape index (κ3) is 2.53. The predicted molar refractivity (Wildman–Crippen MR) is 86.1 cm³/mol. The van der Waals surface area contributed by atoms with E-state index in [-0.39, 0.29) is 11.2 Å². The van der Waals surface area contributed by atoms with Gasteiger partial charge in [0.2, 0.25) is 0 Å². The minimum Gasteiger partial charge on any atom is -0.336 e. The smallest absolute Gasteiger partial charge is 0.332 e. The lowest BCUT2D eigenvalue weighted by Gasteiger charge is -2.19. The SMILES string of the molecule is CCCn1c(=O)c2[nH]c(C)nc2n(CC2CC=CCC2)c1=O. The van der Waals surface area contributed by atoms with Crippen molar-refractivity contribution in [3.8, 4) is 0 Å². The Morgan fingerprint density at radius 1 is 1.32 bits per heavy atom. The highest BCUT2D eigenvalue weighted by Crippen LogP contribution is 2.20. The fraction of sp³-hybridized carbons (Fsp3) is 0.562. The van der Waals surface area contributed by atoms with Gasteiger partial charge < -0.3 is 4.98 Å². The van der Waals surface area contributed by atoms with Crippen LogP contribution in [0.4, 0.5) is 0 Å². The van der Waals surface area contributed by atoms with Gasteiger partial charge in [0.1, 0.15) is 11.3 Å². The van der Waals surface area contributed by atoms with Crippen LogP contribution in [0.1, 0.15) is 38.4 Å². The molecule has 1 atom stereocenters. The third-order valence-corrected chi connectivity index (χ3v) is 4.25. The van der Waals surface area contributed by atoms with Crippen molar-refractivity contribution in [2.45, 2.75) is 52.6 Å². The molecule has 6 heteroatoms. The van der Waals surface area contributed by atoms with E-state index < -0.39 is 0 Å². The second kappa shape index (κ2) is 5.94. The second-order valence-corrected chi connectivity index (χ2v) is 6.02. The van der Waals surface area contributed by atoms with Crippen molar-refractivity contribution in [2.75, 3.05) is 0 Å². The normalized spacial score (nSPS) is 18.2. The molecule has 0 aliphatic heterocycles. The van der Waals surface area contributed by atoms with Crippen LogP contribution in [-0.4, -0.2) is 19.1 Å². The van der Waals surface area contributed by atoms with Crippen molar-refractivity contribution < 1.29 is 0 Å². The summed E-state index contributed by atoms with van der Waals surface area (Å²) in [6.07, 6.45) is 8.21. The first-order valence-electron chi connectivity index (χ1n) is 7.96. The molecule has 118 valence electrons. The number of aromatic amines is 1. The van der Waals surface area contributed by atoms with Gasteiger partial charge in [0.25, 0.3) is 5.56 Å². The van der Waals surface area contributed by atoms with E-state index in [1.54, 1.807) is 4.57 Å². The van der Waals surface area contributed by atoms with E-state index in [1.165, 1.54) is 4.57 Å². The summed E-state index contributed by atoms with van der Waals surface area (Å²) in [5.41, 5.74) is 0.439. The Bertz CT molecular complexity index is 825. The lowest BCUT2D eigenvalue weighted by atomic mass is 9.94. The van der Waals surface area contributed by atoms with Crippen LogP contribution in [-0.2, 0) is 13.1 Å². The quantitative estimate of drug-likeness (QED) is 0.878. The third-order valence-electron chi connectivity index (χ3n) is 4.25. The molecule has 0 amide bonds. The van der Waals surface area contributed by atoms with Gasteiger partial charge >= 0.3 is 5.69 Å². The Balaban J connectivity index is 2.16. The summed E-state index contributed by atoms with van der Waals surface area (Å²) in [4.78, 5) is 32.6. The van der Waals surface area contributed by atoms with E-state index in [9.17, 15) is 9.59 Å². The molecule has 0 saturated carbocycles. The molecule has 2 aromatic heterocycles. The van der Waals surface area contributed by atoms with Crippen molar-refractivity contribution in [1.82, 2.24) is 19.1 Å². The molecule has 0 radical (unpaired) electrons. The molecule has 3 rings (SSSR count). The average Bonchev–Trinajstić information content (AvgIpc) is 2.91. The van der Waals surface area contributed by atoms with Crippen LogP contribution in [0.25, 0.3) is 11.2 Å². The molecule has 2 aromatic rings. The highest BCUT2D eigenvalue weighted by Gasteiger charge is 2.19. The average molecular weight is 302 g/mol. The summed E-state index contributed by atoms with van der Waals surface area (Å²) >= 11 is 0. The summed E-state index contributed by atoms with van der Waals surface area (Å²) < 4.78 is 3.01. The van der Waals surface area contributed by atoms with Crippen molar-refractivity contribution >= 4 is 11.2 Å².